The van der Waals surface area contributed by atoms with Crippen LogP contribution in [0.3, 0.4) is 0 Å². The third-order valence-corrected chi connectivity index (χ3v) is 10.6. The van der Waals surface area contributed by atoms with Gasteiger partial charge in [-0.3, -0.25) is 33.6 Å². The average molecular weight is 913 g/mol. The number of fused-ring (bicyclic) bond motifs is 2. The van der Waals surface area contributed by atoms with Gasteiger partial charge in [0, 0.05) is 32.4 Å². The molecule has 28 heteroatoms. The van der Waals surface area contributed by atoms with Crippen molar-refractivity contribution in [2.24, 2.45) is 5.73 Å². The van der Waals surface area contributed by atoms with Crippen molar-refractivity contribution >= 4 is 52.3 Å². The first-order chi connectivity index (χ1) is 28.7. The van der Waals surface area contributed by atoms with Crippen molar-refractivity contribution in [1.29, 1.82) is 0 Å². The van der Waals surface area contributed by atoms with Gasteiger partial charge in [0.1, 0.15) is 53.0 Å². The molecule has 0 aromatic heterocycles. The standard InChI is InChI=1S/C34H49N8O18S.Na/c1-36-15-9-22(49)30(53)40-32(55)27-19(46)4-5-41(27)34(57)26(21(48)10-24(35)50)39-31(54)25(20(47)6-13-2-3-18(45)23(7-13)60-61(58)59)38-29(52)17-8-14(44)11-42(17)33(56)16(12-43)37-28(15)51;/h2-3,7,14-17,19-22,25-27,30,36,43-49,53H,4-6,8-12H2,1H3,(H2,35,50)(H,37,51)(H,38,52)(H,39,54)(H,40,55);/q-1;+1. The van der Waals surface area contributed by atoms with Crippen LogP contribution in [-0.2, 0) is 59.4 Å². The molecule has 3 heterocycles. The number of nitrogens with two attached hydrogens (primary N) is 1. The van der Waals surface area contributed by atoms with E-state index >= 15 is 0 Å². The van der Waals surface area contributed by atoms with Crippen molar-refractivity contribution in [2.75, 3.05) is 26.7 Å². The number of phenols is 1. The zero-order chi connectivity index (χ0) is 45.5. The number of carbonyl (C=O) groups excluding carboxylic acids is 7. The van der Waals surface area contributed by atoms with E-state index in [1.54, 1.807) is 0 Å². The molecule has 1 aromatic carbocycles. The zero-order valence-corrected chi connectivity index (χ0v) is 36.2. The topological polar surface area (TPSA) is 417 Å². The van der Waals surface area contributed by atoms with Crippen LogP contribution in [0.1, 0.15) is 31.2 Å². The molecule has 3 aliphatic heterocycles. The van der Waals surface area contributed by atoms with Crippen LogP contribution in [0.4, 0.5) is 0 Å². The van der Waals surface area contributed by atoms with Crippen molar-refractivity contribution < 1.29 is 117 Å². The van der Waals surface area contributed by atoms with Crippen molar-refractivity contribution in [1.82, 2.24) is 36.4 Å². The smallest absolute Gasteiger partial charge is 0.530 e. The Bertz CT molecular complexity index is 1910. The van der Waals surface area contributed by atoms with E-state index in [9.17, 15) is 82.8 Å². The first-order valence-corrected chi connectivity index (χ1v) is 19.7. The Morgan fingerprint density at radius 1 is 0.887 bits per heavy atom. The first kappa shape index (κ1) is 52.1. The van der Waals surface area contributed by atoms with Gasteiger partial charge >= 0.3 is 29.6 Å². The van der Waals surface area contributed by atoms with Crippen molar-refractivity contribution in [3.8, 4) is 11.5 Å². The van der Waals surface area contributed by atoms with E-state index in [1.807, 2.05) is 5.32 Å². The second kappa shape index (κ2) is 22.9. The van der Waals surface area contributed by atoms with E-state index in [0.29, 0.717) is 4.90 Å². The van der Waals surface area contributed by atoms with Crippen LogP contribution >= 0.6 is 0 Å². The van der Waals surface area contributed by atoms with Gasteiger partial charge in [0.25, 0.3) is 0 Å². The predicted octanol–water partition coefficient (Wildman–Crippen LogP) is -11.7. The molecule has 12 atom stereocenters. The van der Waals surface area contributed by atoms with Gasteiger partial charge in [-0.15, -0.1) is 0 Å². The summed E-state index contributed by atoms with van der Waals surface area (Å²) in [7, 11) is -1.91. The molecule has 3 fully saturated rings. The summed E-state index contributed by atoms with van der Waals surface area (Å²) in [5, 5.41) is 96.8. The van der Waals surface area contributed by atoms with Gasteiger partial charge in [0.2, 0.25) is 41.4 Å². The molecule has 0 saturated carbocycles. The van der Waals surface area contributed by atoms with Crippen LogP contribution < -0.4 is 66.1 Å². The molecule has 0 radical (unpaired) electrons. The van der Waals surface area contributed by atoms with Gasteiger partial charge in [-0.2, -0.15) is 0 Å². The van der Waals surface area contributed by atoms with E-state index in [4.69, 9.17) is 5.73 Å². The van der Waals surface area contributed by atoms with Gasteiger partial charge in [-0.25, -0.2) is 0 Å². The van der Waals surface area contributed by atoms with E-state index in [-0.39, 0.29) is 41.5 Å². The number of benzene rings is 1. The minimum absolute atomic E-state index is 0. The number of nitrogens with zero attached hydrogens (tertiary/aromatic N) is 2. The maximum Gasteiger partial charge on any atom is 1.00 e. The Morgan fingerprint density at radius 3 is 2.16 bits per heavy atom. The summed E-state index contributed by atoms with van der Waals surface area (Å²) in [5.41, 5.74) is 5.25. The number of aromatic hydroxyl groups is 1. The molecule has 4 rings (SSSR count). The van der Waals surface area contributed by atoms with E-state index in [2.05, 4.69) is 25.5 Å². The van der Waals surface area contributed by atoms with Crippen molar-refractivity contribution in [3.05, 3.63) is 23.8 Å². The number of rotatable bonds is 10. The molecular formula is C34H49N8NaO18S. The van der Waals surface area contributed by atoms with Gasteiger partial charge in [0.15, 0.2) is 12.0 Å². The molecule has 0 aliphatic carbocycles. The molecule has 340 valence electrons. The summed E-state index contributed by atoms with van der Waals surface area (Å²) >= 11 is 0. The Balaban J connectivity index is 0.0000102. The summed E-state index contributed by atoms with van der Waals surface area (Å²) in [5.74, 6) is -9.83. The summed E-state index contributed by atoms with van der Waals surface area (Å²) in [4.78, 5) is 96.2. The summed E-state index contributed by atoms with van der Waals surface area (Å²) < 4.78 is 26.8. The fraction of sp³-hybridized carbons (Fsp3) is 0.618. The fourth-order valence-corrected chi connectivity index (χ4v) is 7.48. The van der Waals surface area contributed by atoms with E-state index in [1.165, 1.54) is 13.1 Å². The molecule has 3 saturated heterocycles. The zero-order valence-electron chi connectivity index (χ0n) is 33.4. The van der Waals surface area contributed by atoms with Crippen LogP contribution in [0.5, 0.6) is 11.5 Å². The van der Waals surface area contributed by atoms with Crippen LogP contribution in [0.15, 0.2) is 18.2 Å². The Labute approximate surface area is 376 Å². The van der Waals surface area contributed by atoms with Gasteiger partial charge in [-0.05, 0) is 31.2 Å². The number of hydrogen-bond donors (Lipinski definition) is 14. The normalized spacial score (nSPS) is 30.4. The monoisotopic (exact) mass is 912 g/mol. The predicted molar refractivity (Wildman–Crippen MR) is 200 cm³/mol. The molecule has 7 amide bonds. The number of amides is 7. The molecule has 0 spiro atoms. The largest absolute Gasteiger partial charge is 1.00 e. The van der Waals surface area contributed by atoms with Gasteiger partial charge in [0.05, 0.1) is 43.5 Å². The summed E-state index contributed by atoms with van der Waals surface area (Å²) in [6.07, 6.45) is -14.4. The minimum atomic E-state index is -3.17. The first-order valence-electron chi connectivity index (χ1n) is 18.7. The van der Waals surface area contributed by atoms with E-state index in [0.717, 1.165) is 17.0 Å². The number of nitrogens with one attached hydrogen (secondary N) is 5. The minimum Gasteiger partial charge on any atom is -0.530 e. The molecular weight excluding hydrogens is 863 g/mol. The van der Waals surface area contributed by atoms with Gasteiger partial charge in [-0.1, -0.05) is 6.07 Å². The number of aliphatic hydroxyl groups is 7. The van der Waals surface area contributed by atoms with Crippen LogP contribution in [0.2, 0.25) is 0 Å². The van der Waals surface area contributed by atoms with Crippen LogP contribution in [0, 0.1) is 0 Å². The van der Waals surface area contributed by atoms with Crippen molar-refractivity contribution in [2.45, 2.75) is 105 Å². The quantitative estimate of drug-likeness (QED) is 0.0765. The maximum atomic E-state index is 14.2. The molecule has 12 unspecified atom stereocenters. The molecule has 62 heavy (non-hydrogen) atoms. The molecule has 1 aromatic rings. The molecule has 26 nitrogen and oxygen atoms in total. The Hall–Kier alpha value is -4.26. The summed E-state index contributed by atoms with van der Waals surface area (Å²) in [6.45, 7) is -2.02. The van der Waals surface area contributed by atoms with Gasteiger partial charge < -0.3 is 95.6 Å². The molecule has 15 N–H and O–H groups in total. The molecule has 0 bridgehead atoms. The second-order valence-corrected chi connectivity index (χ2v) is 15.2. The summed E-state index contributed by atoms with van der Waals surface area (Å²) in [6, 6.07) is -8.03. The Morgan fingerprint density at radius 2 is 1.55 bits per heavy atom. The third-order valence-electron chi connectivity index (χ3n) is 10.3. The number of likely N-dealkylation sites (N-methyl/N-ethyl adjacent to an activating group) is 1. The number of phenolic OH excluding ortho intramolecular Hbond substituents is 1. The number of aliphatic hydroxyl groups excluding tert-OH is 7. The number of hydrogen-bond acceptors (Lipinski definition) is 20. The number of carbonyl (C=O) groups is 7. The maximum absolute atomic E-state index is 14.2. The van der Waals surface area contributed by atoms with Crippen molar-refractivity contribution in [3.63, 3.8) is 0 Å². The van der Waals surface area contributed by atoms with E-state index < -0.39 is 182 Å². The van der Waals surface area contributed by atoms with Crippen LogP contribution in [0.25, 0.3) is 0 Å². The average Bonchev–Trinajstić information content (AvgIpc) is 3.78. The number of primary amides is 1. The fourth-order valence-electron chi connectivity index (χ4n) is 7.20. The Kier molecular flexibility index (Phi) is 19.2. The van der Waals surface area contributed by atoms with Crippen LogP contribution in [-0.4, -0.2) is 192 Å². The second-order valence-electron chi connectivity index (χ2n) is 14.6. The SMILES string of the molecule is CNC1CC(O)C(O)NC(=O)C2C(O)CCN2C(=O)C(C(O)CC(N)=O)NC(=O)C(C(O)Cc2ccc(O)c(O[S-](=O)=O)c2)NC(=O)C2CC(O)CN2C(=O)C(CO)NC1=O.[Na+]. The molecule has 3 aliphatic rings. The third kappa shape index (κ3) is 12.9.